The first-order valence-corrected chi connectivity index (χ1v) is 1.84. The summed E-state index contributed by atoms with van der Waals surface area (Å²) in [5.41, 5.74) is 0. The van der Waals surface area contributed by atoms with E-state index in [0.29, 0.717) is 0 Å². The first-order chi connectivity index (χ1) is 5.20. The minimum Gasteiger partial charge on any atom is -0.652 e. The van der Waals surface area contributed by atoms with Gasteiger partial charge >= 0.3 is 50.3 Å². The summed E-state index contributed by atoms with van der Waals surface area (Å²) >= 11 is 0. The van der Waals surface area contributed by atoms with E-state index in [9.17, 15) is 0 Å². The molecule has 0 fully saturated rings. The molecular weight excluding hydrogens is 353 g/mol. The summed E-state index contributed by atoms with van der Waals surface area (Å²) in [6, 6.07) is 0. The Bertz CT molecular complexity index is 123. The molecule has 12 heteroatoms. The van der Waals surface area contributed by atoms with Crippen molar-refractivity contribution in [3.63, 3.8) is 0 Å². The number of carbonyl (C=O) groups is 3. The monoisotopic (exact) mass is 353 g/mol. The molecular formula is C3CoFeNiO9. The molecule has 0 atom stereocenters. The molecule has 0 saturated heterocycles. The molecule has 0 heterocycles. The Morgan fingerprint density at radius 1 is 0.600 bits per heavy atom. The number of hydrogen-bond acceptors (Lipinski definition) is 9. The van der Waals surface area contributed by atoms with Crippen molar-refractivity contribution in [3.8, 4) is 0 Å². The zero-order valence-corrected chi connectivity index (χ0v) is 9.31. The molecule has 0 aliphatic heterocycles. The molecule has 0 aliphatic rings. The predicted octanol–water partition coefficient (Wildman–Crippen LogP) is -7.35. The molecule has 15 heavy (non-hydrogen) atoms. The molecule has 0 N–H and O–H groups in total. The molecule has 1 radical (unpaired) electrons. The standard InChI is InChI=1S/3CH2O3.Co.Fe.Ni/c3*2-1(3)4;;;/h3*(H2,2,3,4);;;/q;;;3*+2/p-6. The van der Waals surface area contributed by atoms with Crippen molar-refractivity contribution in [2.45, 2.75) is 0 Å². The SMILES string of the molecule is O=C([O-])[O-].O=C([O-])[O-].O=C([O-])[O-].[Co+2].[Fe+2].[Ni+2]. The van der Waals surface area contributed by atoms with E-state index in [4.69, 9.17) is 45.0 Å². The smallest absolute Gasteiger partial charge is 0.652 e. The van der Waals surface area contributed by atoms with Gasteiger partial charge in [0.15, 0.2) is 0 Å². The normalized spacial score (nSPS) is 4.80. The molecule has 0 bridgehead atoms. The maximum Gasteiger partial charge on any atom is 2.00 e. The molecule has 0 aromatic heterocycles. The summed E-state index contributed by atoms with van der Waals surface area (Å²) in [4.78, 5) is 25.0. The van der Waals surface area contributed by atoms with Gasteiger partial charge in [-0.15, -0.1) is 0 Å². The Morgan fingerprint density at radius 3 is 0.600 bits per heavy atom. The van der Waals surface area contributed by atoms with Crippen LogP contribution in [0.15, 0.2) is 0 Å². The van der Waals surface area contributed by atoms with Crippen molar-refractivity contribution in [1.82, 2.24) is 0 Å². The second kappa shape index (κ2) is 29.2. The zero-order chi connectivity index (χ0) is 10.7. The largest absolute Gasteiger partial charge is 2.00 e. The van der Waals surface area contributed by atoms with Gasteiger partial charge in [0.05, 0.1) is 0 Å². The van der Waals surface area contributed by atoms with Gasteiger partial charge in [-0.05, 0) is 18.5 Å². The predicted molar refractivity (Wildman–Crippen MR) is 16.2 cm³/mol. The van der Waals surface area contributed by atoms with Gasteiger partial charge in [0.1, 0.15) is 0 Å². The van der Waals surface area contributed by atoms with E-state index >= 15 is 0 Å². The molecule has 0 amide bonds. The van der Waals surface area contributed by atoms with E-state index in [0.717, 1.165) is 0 Å². The minimum absolute atomic E-state index is 0. The summed E-state index contributed by atoms with van der Waals surface area (Å²) in [7, 11) is 0. The maximum absolute atomic E-state index is 8.33. The number of carbonyl (C=O) groups excluding carboxylic acids is 3. The second-order valence-corrected chi connectivity index (χ2v) is 0.750. The van der Waals surface area contributed by atoms with Crippen LogP contribution in [0.1, 0.15) is 0 Å². The molecule has 0 aromatic carbocycles. The summed E-state index contributed by atoms with van der Waals surface area (Å²) in [6.07, 6.45) is -7.00. The van der Waals surface area contributed by atoms with E-state index in [1.54, 1.807) is 0 Å². The number of rotatable bonds is 0. The third kappa shape index (κ3) is 3810. The molecule has 0 unspecified atom stereocenters. The van der Waals surface area contributed by atoms with Crippen molar-refractivity contribution in [3.05, 3.63) is 0 Å². The van der Waals surface area contributed by atoms with Crippen LogP contribution in [0.5, 0.6) is 0 Å². The molecule has 0 aliphatic carbocycles. The molecule has 93 valence electrons. The van der Waals surface area contributed by atoms with E-state index in [-0.39, 0.29) is 50.3 Å². The Hall–Kier alpha value is -0.671. The van der Waals surface area contributed by atoms with Crippen LogP contribution < -0.4 is 30.6 Å². The Labute approximate surface area is 114 Å². The van der Waals surface area contributed by atoms with Crippen LogP contribution in [-0.4, -0.2) is 18.5 Å². The third-order valence-electron chi connectivity index (χ3n) is 0. The van der Waals surface area contributed by atoms with Gasteiger partial charge in [-0.25, -0.2) is 0 Å². The molecule has 0 saturated carbocycles. The number of carboxylic acid groups (broad SMARTS) is 6. The molecule has 9 nitrogen and oxygen atoms in total. The summed E-state index contributed by atoms with van der Waals surface area (Å²) < 4.78 is 0. The summed E-state index contributed by atoms with van der Waals surface area (Å²) in [5, 5.41) is 50.0. The third-order valence-corrected chi connectivity index (χ3v) is 0. The van der Waals surface area contributed by atoms with Gasteiger partial charge in [0, 0.05) is 0 Å². The molecule has 0 spiro atoms. The van der Waals surface area contributed by atoms with E-state index in [1.165, 1.54) is 0 Å². The second-order valence-electron chi connectivity index (χ2n) is 0.750. The summed E-state index contributed by atoms with van der Waals surface area (Å²) in [5.74, 6) is 0. The first-order valence-electron chi connectivity index (χ1n) is 1.84. The summed E-state index contributed by atoms with van der Waals surface area (Å²) in [6.45, 7) is 0. The van der Waals surface area contributed by atoms with Gasteiger partial charge in [-0.3, -0.25) is 0 Å². The van der Waals surface area contributed by atoms with Gasteiger partial charge in [-0.2, -0.15) is 0 Å². The van der Waals surface area contributed by atoms with Crippen LogP contribution in [0.2, 0.25) is 0 Å². The quantitative estimate of drug-likeness (QED) is 0.380. The van der Waals surface area contributed by atoms with Crippen LogP contribution in [0.25, 0.3) is 0 Å². The van der Waals surface area contributed by atoms with Crippen molar-refractivity contribution in [2.24, 2.45) is 0 Å². The Kier molecular flexibility index (Phi) is 71.4. The fourth-order valence-electron chi connectivity index (χ4n) is 0. The van der Waals surface area contributed by atoms with Crippen LogP contribution >= 0.6 is 0 Å². The Morgan fingerprint density at radius 2 is 0.600 bits per heavy atom. The molecule has 0 aromatic rings. The average Bonchev–Trinajstić information content (AvgIpc) is 1.54. The zero-order valence-electron chi connectivity index (χ0n) is 6.18. The van der Waals surface area contributed by atoms with Crippen molar-refractivity contribution >= 4 is 18.5 Å². The van der Waals surface area contributed by atoms with E-state index in [1.807, 2.05) is 0 Å². The van der Waals surface area contributed by atoms with E-state index < -0.39 is 18.5 Å². The van der Waals surface area contributed by atoms with Gasteiger partial charge < -0.3 is 45.0 Å². The maximum atomic E-state index is 8.33. The minimum atomic E-state index is -2.33. The van der Waals surface area contributed by atoms with Gasteiger partial charge in [0.2, 0.25) is 0 Å². The van der Waals surface area contributed by atoms with Crippen LogP contribution in [0.3, 0.4) is 0 Å². The van der Waals surface area contributed by atoms with Crippen molar-refractivity contribution < 1.29 is 95.4 Å². The first kappa shape index (κ1) is 36.7. The molecule has 0 rings (SSSR count). The fraction of sp³-hybridized carbons (Fsp3) is 0. The fourth-order valence-corrected chi connectivity index (χ4v) is 0. The van der Waals surface area contributed by atoms with Crippen LogP contribution in [0.4, 0.5) is 14.4 Å². The van der Waals surface area contributed by atoms with Gasteiger partial charge in [0.25, 0.3) is 0 Å². The Balaban J connectivity index is -0.0000000184. The van der Waals surface area contributed by atoms with Crippen LogP contribution in [-0.2, 0) is 50.3 Å². The topological polar surface area (TPSA) is 190 Å². The average molecular weight is 353 g/mol. The van der Waals surface area contributed by atoms with Crippen molar-refractivity contribution in [1.29, 1.82) is 0 Å². The van der Waals surface area contributed by atoms with E-state index in [2.05, 4.69) is 0 Å². The number of hydrogen-bond donors (Lipinski definition) is 0. The van der Waals surface area contributed by atoms with Crippen molar-refractivity contribution in [2.75, 3.05) is 0 Å². The van der Waals surface area contributed by atoms with Gasteiger partial charge in [-0.1, -0.05) is 0 Å². The van der Waals surface area contributed by atoms with Crippen LogP contribution in [0, 0.1) is 0 Å².